The summed E-state index contributed by atoms with van der Waals surface area (Å²) in [5.41, 5.74) is 6.24. The lowest BCUT2D eigenvalue weighted by molar-refractivity contribution is 0.1000. The summed E-state index contributed by atoms with van der Waals surface area (Å²) < 4.78 is 18.7. The van der Waals surface area contributed by atoms with Gasteiger partial charge >= 0.3 is 0 Å². The van der Waals surface area contributed by atoms with E-state index in [9.17, 15) is 9.18 Å². The number of benzene rings is 1. The lowest BCUT2D eigenvalue weighted by Gasteiger charge is -2.10. The molecule has 3 N–H and O–H groups in total. The average molecular weight is 248 g/mol. The maximum absolute atomic E-state index is 13.6. The highest BCUT2D eigenvalue weighted by molar-refractivity contribution is 5.94. The Balaban J connectivity index is 2.23. The molecule has 0 fully saturated rings. The molecule has 0 spiro atoms. The smallest absolute Gasteiger partial charge is 0.248 e. The topological polar surface area (TPSA) is 68.3 Å². The monoisotopic (exact) mass is 248 g/mol. The zero-order chi connectivity index (χ0) is 13.1. The number of nitrogens with one attached hydrogen (secondary N) is 1. The highest BCUT2D eigenvalue weighted by Crippen LogP contribution is 2.21. The molecule has 0 aliphatic carbocycles. The maximum atomic E-state index is 13.6. The van der Waals surface area contributed by atoms with E-state index in [0.29, 0.717) is 17.8 Å². The van der Waals surface area contributed by atoms with Crippen LogP contribution < -0.4 is 11.1 Å². The van der Waals surface area contributed by atoms with E-state index in [-0.39, 0.29) is 5.56 Å². The fraction of sp³-hybridized carbons (Fsp3) is 0.154. The Bertz CT molecular complexity index is 565. The third-order valence-corrected chi connectivity index (χ3v) is 2.66. The molecule has 4 nitrogen and oxygen atoms in total. The van der Waals surface area contributed by atoms with Crippen molar-refractivity contribution in [2.45, 2.75) is 13.5 Å². The van der Waals surface area contributed by atoms with Crippen molar-refractivity contribution in [2.75, 3.05) is 5.32 Å². The molecular weight excluding hydrogens is 235 g/mol. The van der Waals surface area contributed by atoms with Crippen LogP contribution >= 0.6 is 0 Å². The molecule has 1 aromatic carbocycles. The summed E-state index contributed by atoms with van der Waals surface area (Å²) in [6, 6.07) is 6.24. The molecule has 18 heavy (non-hydrogen) atoms. The van der Waals surface area contributed by atoms with Crippen molar-refractivity contribution in [2.24, 2.45) is 5.73 Å². The number of nitrogens with two attached hydrogens (primary N) is 1. The van der Waals surface area contributed by atoms with E-state index in [4.69, 9.17) is 10.2 Å². The molecule has 1 aromatic heterocycles. The first-order chi connectivity index (χ1) is 8.58. The third kappa shape index (κ3) is 2.51. The lowest BCUT2D eigenvalue weighted by atomic mass is 10.1. The average Bonchev–Trinajstić information content (AvgIpc) is 2.83. The quantitative estimate of drug-likeness (QED) is 0.873. The van der Waals surface area contributed by atoms with Crippen LogP contribution in [0.15, 0.2) is 34.9 Å². The van der Waals surface area contributed by atoms with Gasteiger partial charge in [-0.2, -0.15) is 0 Å². The number of anilines is 1. The number of furan rings is 1. The van der Waals surface area contributed by atoms with E-state index in [1.165, 1.54) is 6.07 Å². The van der Waals surface area contributed by atoms with Crippen LogP contribution in [0.25, 0.3) is 0 Å². The Morgan fingerprint density at radius 3 is 2.89 bits per heavy atom. The summed E-state index contributed by atoms with van der Waals surface area (Å²) in [6.07, 6.45) is 1.56. The molecule has 5 heteroatoms. The summed E-state index contributed by atoms with van der Waals surface area (Å²) in [4.78, 5) is 11.1. The minimum atomic E-state index is -0.657. The second kappa shape index (κ2) is 4.91. The van der Waals surface area contributed by atoms with Gasteiger partial charge in [0.15, 0.2) is 0 Å². The van der Waals surface area contributed by atoms with Crippen molar-refractivity contribution in [3.63, 3.8) is 0 Å². The second-order valence-electron chi connectivity index (χ2n) is 3.93. The van der Waals surface area contributed by atoms with Gasteiger partial charge in [0.05, 0.1) is 12.8 Å². The Morgan fingerprint density at radius 1 is 1.50 bits per heavy atom. The van der Waals surface area contributed by atoms with Crippen molar-refractivity contribution in [1.82, 2.24) is 0 Å². The van der Waals surface area contributed by atoms with Gasteiger partial charge in [-0.25, -0.2) is 4.39 Å². The molecule has 0 atom stereocenters. The zero-order valence-corrected chi connectivity index (χ0v) is 9.87. The van der Waals surface area contributed by atoms with Gasteiger partial charge < -0.3 is 15.5 Å². The molecule has 2 aromatic rings. The van der Waals surface area contributed by atoms with Gasteiger partial charge in [-0.1, -0.05) is 0 Å². The van der Waals surface area contributed by atoms with E-state index in [1.807, 2.05) is 0 Å². The molecule has 0 saturated carbocycles. The molecule has 0 bridgehead atoms. The molecule has 0 aliphatic rings. The van der Waals surface area contributed by atoms with Gasteiger partial charge in [-0.15, -0.1) is 0 Å². The van der Waals surface area contributed by atoms with Gasteiger partial charge in [0.2, 0.25) is 5.91 Å². The van der Waals surface area contributed by atoms with Crippen LogP contribution in [0, 0.1) is 12.7 Å². The zero-order valence-electron chi connectivity index (χ0n) is 9.87. The van der Waals surface area contributed by atoms with E-state index in [1.54, 1.807) is 25.3 Å². The summed E-state index contributed by atoms with van der Waals surface area (Å²) in [5, 5.41) is 3.01. The minimum Gasteiger partial charge on any atom is -0.467 e. The van der Waals surface area contributed by atoms with Crippen molar-refractivity contribution in [3.8, 4) is 0 Å². The normalized spacial score (nSPS) is 10.3. The van der Waals surface area contributed by atoms with Gasteiger partial charge in [-0.05, 0) is 31.2 Å². The molecule has 0 saturated heterocycles. The van der Waals surface area contributed by atoms with E-state index < -0.39 is 11.7 Å². The molecular formula is C13H13FN2O2. The molecule has 0 aliphatic heterocycles. The second-order valence-corrected chi connectivity index (χ2v) is 3.93. The number of primary amides is 1. The molecule has 94 valence electrons. The van der Waals surface area contributed by atoms with Gasteiger partial charge in [0.25, 0.3) is 0 Å². The fourth-order valence-electron chi connectivity index (χ4n) is 1.60. The first-order valence-electron chi connectivity index (χ1n) is 5.44. The standard InChI is InChI=1S/C13H13FN2O2/c1-8-11(14)5-9(13(15)17)6-12(8)16-7-10-3-2-4-18-10/h2-6,16H,7H2,1H3,(H2,15,17). The summed E-state index contributed by atoms with van der Waals surface area (Å²) in [5.74, 6) is -0.400. The number of carbonyl (C=O) groups excluding carboxylic acids is 1. The lowest BCUT2D eigenvalue weighted by Crippen LogP contribution is -2.13. The van der Waals surface area contributed by atoms with Crippen molar-refractivity contribution in [3.05, 3.63) is 53.2 Å². The van der Waals surface area contributed by atoms with E-state index in [2.05, 4.69) is 5.32 Å². The molecule has 2 rings (SSSR count). The Morgan fingerprint density at radius 2 is 2.28 bits per heavy atom. The van der Waals surface area contributed by atoms with Crippen molar-refractivity contribution in [1.29, 1.82) is 0 Å². The highest BCUT2D eigenvalue weighted by Gasteiger charge is 2.10. The predicted molar refractivity (Wildman–Crippen MR) is 65.7 cm³/mol. The SMILES string of the molecule is Cc1c(F)cc(C(N)=O)cc1NCc1ccco1. The summed E-state index contributed by atoms with van der Waals surface area (Å²) >= 11 is 0. The van der Waals surface area contributed by atoms with Crippen LogP contribution in [0.4, 0.5) is 10.1 Å². The summed E-state index contributed by atoms with van der Waals surface area (Å²) in [7, 11) is 0. The van der Waals surface area contributed by atoms with Crippen LogP contribution in [0.3, 0.4) is 0 Å². The largest absolute Gasteiger partial charge is 0.467 e. The third-order valence-electron chi connectivity index (χ3n) is 2.66. The van der Waals surface area contributed by atoms with E-state index in [0.717, 1.165) is 11.8 Å². The highest BCUT2D eigenvalue weighted by atomic mass is 19.1. The number of carbonyl (C=O) groups is 1. The van der Waals surface area contributed by atoms with Crippen LogP contribution in [0.1, 0.15) is 21.7 Å². The van der Waals surface area contributed by atoms with Crippen LogP contribution in [-0.4, -0.2) is 5.91 Å². The van der Waals surface area contributed by atoms with Gasteiger partial charge in [-0.3, -0.25) is 4.79 Å². The summed E-state index contributed by atoms with van der Waals surface area (Å²) in [6.45, 7) is 2.04. The van der Waals surface area contributed by atoms with E-state index >= 15 is 0 Å². The first-order valence-corrected chi connectivity index (χ1v) is 5.44. The number of amides is 1. The minimum absolute atomic E-state index is 0.139. The van der Waals surface area contributed by atoms with Crippen LogP contribution in [-0.2, 0) is 6.54 Å². The van der Waals surface area contributed by atoms with Gasteiger partial charge in [0.1, 0.15) is 11.6 Å². The number of hydrogen-bond donors (Lipinski definition) is 2. The van der Waals surface area contributed by atoms with Gasteiger partial charge in [0, 0.05) is 16.8 Å². The number of hydrogen-bond acceptors (Lipinski definition) is 3. The van der Waals surface area contributed by atoms with Crippen molar-refractivity contribution >= 4 is 11.6 Å². The Labute approximate surface area is 104 Å². The molecule has 1 heterocycles. The number of halogens is 1. The predicted octanol–water partition coefficient (Wildman–Crippen LogP) is 2.44. The van der Waals surface area contributed by atoms with Crippen LogP contribution in [0.2, 0.25) is 0 Å². The Hall–Kier alpha value is -2.30. The Kier molecular flexibility index (Phi) is 3.32. The van der Waals surface area contributed by atoms with Crippen LogP contribution in [0.5, 0.6) is 0 Å². The maximum Gasteiger partial charge on any atom is 0.248 e. The number of rotatable bonds is 4. The molecule has 1 amide bonds. The fourth-order valence-corrected chi connectivity index (χ4v) is 1.60. The van der Waals surface area contributed by atoms with Crippen molar-refractivity contribution < 1.29 is 13.6 Å². The first kappa shape index (κ1) is 12.2. The molecule has 0 unspecified atom stereocenters. The molecule has 0 radical (unpaired) electrons.